The number of carboxylic acids is 1. The summed E-state index contributed by atoms with van der Waals surface area (Å²) >= 11 is 5.95. The van der Waals surface area contributed by atoms with Gasteiger partial charge in [-0.1, -0.05) is 25.4 Å². The molecular formula is C17H24ClNO5. The van der Waals surface area contributed by atoms with Crippen LogP contribution in [0.1, 0.15) is 30.6 Å². The van der Waals surface area contributed by atoms with E-state index in [0.29, 0.717) is 30.4 Å². The Labute approximate surface area is 147 Å². The van der Waals surface area contributed by atoms with E-state index in [1.165, 1.54) is 6.07 Å². The van der Waals surface area contributed by atoms with E-state index in [-0.39, 0.29) is 18.0 Å². The van der Waals surface area contributed by atoms with Crippen LogP contribution in [0.5, 0.6) is 5.75 Å². The van der Waals surface area contributed by atoms with E-state index in [0.717, 1.165) is 0 Å². The first-order chi connectivity index (χ1) is 11.3. The Kier molecular flexibility index (Phi) is 8.57. The molecule has 2 N–H and O–H groups in total. The quantitative estimate of drug-likeness (QED) is 0.629. The molecule has 24 heavy (non-hydrogen) atoms. The van der Waals surface area contributed by atoms with Crippen molar-refractivity contribution in [3.8, 4) is 5.75 Å². The van der Waals surface area contributed by atoms with Crippen molar-refractivity contribution >= 4 is 23.5 Å². The highest BCUT2D eigenvalue weighted by Gasteiger charge is 2.21. The zero-order chi connectivity index (χ0) is 18.1. The zero-order valence-corrected chi connectivity index (χ0v) is 14.9. The molecule has 0 saturated carbocycles. The SMILES string of the molecule is COCCOc1ccc(Cl)cc1C(=O)NCC(CC(C)C)C(=O)O. The summed E-state index contributed by atoms with van der Waals surface area (Å²) in [6, 6.07) is 4.73. The molecule has 0 bridgehead atoms. The summed E-state index contributed by atoms with van der Waals surface area (Å²) in [4.78, 5) is 23.7. The lowest BCUT2D eigenvalue weighted by atomic mass is 9.97. The second kappa shape index (κ2) is 10.2. The molecule has 6 nitrogen and oxygen atoms in total. The predicted molar refractivity (Wildman–Crippen MR) is 91.7 cm³/mol. The smallest absolute Gasteiger partial charge is 0.308 e. The molecule has 134 valence electrons. The van der Waals surface area contributed by atoms with Crippen molar-refractivity contribution < 1.29 is 24.2 Å². The third-order valence-electron chi connectivity index (χ3n) is 3.35. The van der Waals surface area contributed by atoms with E-state index >= 15 is 0 Å². The predicted octanol–water partition coefficient (Wildman–Crippen LogP) is 2.84. The highest BCUT2D eigenvalue weighted by atomic mass is 35.5. The van der Waals surface area contributed by atoms with Gasteiger partial charge in [-0.2, -0.15) is 0 Å². The van der Waals surface area contributed by atoms with Gasteiger partial charge in [0.15, 0.2) is 0 Å². The molecule has 1 aromatic carbocycles. The van der Waals surface area contributed by atoms with Gasteiger partial charge < -0.3 is 19.9 Å². The minimum Gasteiger partial charge on any atom is -0.490 e. The Morgan fingerprint density at radius 3 is 2.58 bits per heavy atom. The normalized spacial score (nSPS) is 12.0. The van der Waals surface area contributed by atoms with Crippen molar-refractivity contribution in [3.63, 3.8) is 0 Å². The van der Waals surface area contributed by atoms with Crippen LogP contribution in [-0.2, 0) is 9.53 Å². The number of carboxylic acid groups (broad SMARTS) is 1. The second-order valence-corrected chi connectivity index (χ2v) is 6.29. The summed E-state index contributed by atoms with van der Waals surface area (Å²) in [5, 5.41) is 12.3. The molecule has 1 rings (SSSR count). The summed E-state index contributed by atoms with van der Waals surface area (Å²) in [6.07, 6.45) is 0.488. The zero-order valence-electron chi connectivity index (χ0n) is 14.2. The van der Waals surface area contributed by atoms with Crippen LogP contribution in [0.25, 0.3) is 0 Å². The van der Waals surface area contributed by atoms with E-state index in [1.807, 2.05) is 13.8 Å². The average molecular weight is 358 g/mol. The van der Waals surface area contributed by atoms with Crippen LogP contribution in [0.2, 0.25) is 5.02 Å². The molecule has 0 aromatic heterocycles. The van der Waals surface area contributed by atoms with E-state index in [1.54, 1.807) is 19.2 Å². The molecule has 0 aliphatic heterocycles. The fourth-order valence-corrected chi connectivity index (χ4v) is 2.36. The summed E-state index contributed by atoms with van der Waals surface area (Å²) in [7, 11) is 1.56. The number of halogens is 1. The number of rotatable bonds is 10. The fourth-order valence-electron chi connectivity index (χ4n) is 2.19. The topological polar surface area (TPSA) is 84.9 Å². The van der Waals surface area contributed by atoms with Gasteiger partial charge in [0.05, 0.1) is 18.1 Å². The van der Waals surface area contributed by atoms with Crippen molar-refractivity contribution in [1.29, 1.82) is 0 Å². The minimum atomic E-state index is -0.924. The maximum absolute atomic E-state index is 12.4. The van der Waals surface area contributed by atoms with Crippen LogP contribution in [0.4, 0.5) is 0 Å². The van der Waals surface area contributed by atoms with Crippen molar-refractivity contribution in [2.24, 2.45) is 11.8 Å². The van der Waals surface area contributed by atoms with Gasteiger partial charge in [-0.25, -0.2) is 0 Å². The van der Waals surface area contributed by atoms with Gasteiger partial charge in [0, 0.05) is 18.7 Å². The summed E-state index contributed by atoms with van der Waals surface area (Å²) in [5.41, 5.74) is 0.271. The van der Waals surface area contributed by atoms with E-state index in [2.05, 4.69) is 5.32 Å². The molecule has 1 aromatic rings. The molecule has 1 amide bonds. The Bertz CT molecular complexity index is 562. The molecule has 1 unspecified atom stereocenters. The average Bonchev–Trinajstić information content (AvgIpc) is 2.52. The Morgan fingerprint density at radius 2 is 2.00 bits per heavy atom. The van der Waals surface area contributed by atoms with Crippen LogP contribution in [0.15, 0.2) is 18.2 Å². The molecule has 1 atom stereocenters. The van der Waals surface area contributed by atoms with E-state index in [4.69, 9.17) is 21.1 Å². The molecule has 0 aliphatic rings. The number of ether oxygens (including phenoxy) is 2. The number of nitrogens with one attached hydrogen (secondary N) is 1. The summed E-state index contributed by atoms with van der Waals surface area (Å²) in [6.45, 7) is 4.62. The van der Waals surface area contributed by atoms with Gasteiger partial charge in [-0.05, 0) is 30.5 Å². The molecule has 0 spiro atoms. The number of amides is 1. The number of benzene rings is 1. The lowest BCUT2D eigenvalue weighted by Crippen LogP contribution is -2.34. The van der Waals surface area contributed by atoms with Gasteiger partial charge in [0.2, 0.25) is 0 Å². The molecule has 0 fully saturated rings. The summed E-state index contributed by atoms with van der Waals surface area (Å²) in [5.74, 6) is -1.37. The largest absolute Gasteiger partial charge is 0.490 e. The molecule has 0 saturated heterocycles. The monoisotopic (exact) mass is 357 g/mol. The first kappa shape index (κ1) is 20.3. The highest BCUT2D eigenvalue weighted by Crippen LogP contribution is 2.23. The molecule has 0 radical (unpaired) electrons. The second-order valence-electron chi connectivity index (χ2n) is 5.86. The van der Waals surface area contributed by atoms with Gasteiger partial charge in [0.1, 0.15) is 12.4 Å². The first-order valence-corrected chi connectivity index (χ1v) is 8.15. The van der Waals surface area contributed by atoms with Gasteiger partial charge in [-0.15, -0.1) is 0 Å². The van der Waals surface area contributed by atoms with Crippen LogP contribution < -0.4 is 10.1 Å². The molecule has 0 aliphatic carbocycles. The number of aliphatic carboxylic acids is 1. The maximum atomic E-state index is 12.4. The lowest BCUT2D eigenvalue weighted by molar-refractivity contribution is -0.142. The minimum absolute atomic E-state index is 0.0520. The van der Waals surface area contributed by atoms with Crippen LogP contribution in [0.3, 0.4) is 0 Å². The first-order valence-electron chi connectivity index (χ1n) is 7.77. The van der Waals surface area contributed by atoms with Crippen molar-refractivity contribution in [3.05, 3.63) is 28.8 Å². The third-order valence-corrected chi connectivity index (χ3v) is 3.58. The molecule has 0 heterocycles. The van der Waals surface area contributed by atoms with Crippen LogP contribution >= 0.6 is 11.6 Å². The standard InChI is InChI=1S/C17H24ClNO5/c1-11(2)8-12(17(21)22)10-19-16(20)14-9-13(18)4-5-15(14)24-7-6-23-3/h4-5,9,11-12H,6-8,10H2,1-3H3,(H,19,20)(H,21,22). The van der Waals surface area contributed by atoms with E-state index < -0.39 is 17.8 Å². The number of hydrogen-bond acceptors (Lipinski definition) is 4. The number of hydrogen-bond donors (Lipinski definition) is 2. The third kappa shape index (κ3) is 6.76. The number of carbonyl (C=O) groups excluding carboxylic acids is 1. The molecular weight excluding hydrogens is 334 g/mol. The highest BCUT2D eigenvalue weighted by molar-refractivity contribution is 6.31. The van der Waals surface area contributed by atoms with Crippen molar-refractivity contribution in [1.82, 2.24) is 5.32 Å². The summed E-state index contributed by atoms with van der Waals surface area (Å²) < 4.78 is 10.4. The maximum Gasteiger partial charge on any atom is 0.308 e. The Hall–Kier alpha value is -1.79. The van der Waals surface area contributed by atoms with Crippen molar-refractivity contribution in [2.75, 3.05) is 26.9 Å². The van der Waals surface area contributed by atoms with Gasteiger partial charge in [-0.3, -0.25) is 9.59 Å². The van der Waals surface area contributed by atoms with Crippen molar-refractivity contribution in [2.45, 2.75) is 20.3 Å². The van der Waals surface area contributed by atoms with Crippen LogP contribution in [0, 0.1) is 11.8 Å². The number of carbonyl (C=O) groups is 2. The van der Waals surface area contributed by atoms with Crippen LogP contribution in [-0.4, -0.2) is 43.9 Å². The fraction of sp³-hybridized carbons (Fsp3) is 0.529. The Morgan fingerprint density at radius 1 is 1.29 bits per heavy atom. The Balaban J connectivity index is 2.78. The van der Waals surface area contributed by atoms with Gasteiger partial charge in [0.25, 0.3) is 5.91 Å². The number of methoxy groups -OCH3 is 1. The van der Waals surface area contributed by atoms with Gasteiger partial charge >= 0.3 is 5.97 Å². The lowest BCUT2D eigenvalue weighted by Gasteiger charge is -2.16. The molecule has 7 heteroatoms. The van der Waals surface area contributed by atoms with E-state index in [9.17, 15) is 14.7 Å².